The Morgan fingerprint density at radius 2 is 1.89 bits per heavy atom. The van der Waals surface area contributed by atoms with Gasteiger partial charge in [-0.25, -0.2) is 4.98 Å². The highest BCUT2D eigenvalue weighted by Gasteiger charge is 2.22. The van der Waals surface area contributed by atoms with Gasteiger partial charge >= 0.3 is 0 Å². The lowest BCUT2D eigenvalue weighted by molar-refractivity contribution is 0.354. The molecule has 5 heteroatoms. The van der Waals surface area contributed by atoms with Crippen LogP contribution in [0.5, 0.6) is 11.5 Å². The molecule has 0 bridgehead atoms. The maximum Gasteiger partial charge on any atom is 0.161 e. The van der Waals surface area contributed by atoms with E-state index in [9.17, 15) is 0 Å². The molecule has 2 N–H and O–H groups in total. The molecule has 0 radical (unpaired) electrons. The molecule has 5 nitrogen and oxygen atoms in total. The van der Waals surface area contributed by atoms with Crippen LogP contribution in [-0.4, -0.2) is 19.2 Å². The molecule has 0 saturated heterocycles. The molecular formula is C14H15N3O2. The van der Waals surface area contributed by atoms with Crippen molar-refractivity contribution < 1.29 is 9.47 Å². The Bertz CT molecular complexity index is 576. The van der Waals surface area contributed by atoms with Gasteiger partial charge in [-0.3, -0.25) is 0 Å². The maximum absolute atomic E-state index is 5.32. The molecule has 1 aliphatic rings. The lowest BCUT2D eigenvalue weighted by Crippen LogP contribution is -2.12. The Morgan fingerprint density at radius 1 is 1.05 bits per heavy atom. The smallest absolute Gasteiger partial charge is 0.161 e. The van der Waals surface area contributed by atoms with Crippen LogP contribution in [0.15, 0.2) is 36.5 Å². The van der Waals surface area contributed by atoms with E-state index in [0.717, 1.165) is 22.8 Å². The molecule has 0 aliphatic carbocycles. The van der Waals surface area contributed by atoms with Crippen molar-refractivity contribution >= 4 is 11.5 Å². The molecule has 2 aromatic rings. The van der Waals surface area contributed by atoms with Crippen LogP contribution in [0.1, 0.15) is 11.7 Å². The first kappa shape index (κ1) is 11.6. The van der Waals surface area contributed by atoms with Gasteiger partial charge in [0.2, 0.25) is 0 Å². The molecule has 1 aromatic carbocycles. The number of methoxy groups -OCH3 is 2. The third-order valence-corrected chi connectivity index (χ3v) is 3.13. The van der Waals surface area contributed by atoms with Crippen molar-refractivity contribution in [3.8, 4) is 11.5 Å². The molecule has 19 heavy (non-hydrogen) atoms. The molecular weight excluding hydrogens is 242 g/mol. The highest BCUT2D eigenvalue weighted by Crippen LogP contribution is 2.36. The number of nitrogens with one attached hydrogen (secondary N) is 2. The zero-order chi connectivity index (χ0) is 13.2. The Hall–Kier alpha value is -2.43. The van der Waals surface area contributed by atoms with Crippen molar-refractivity contribution in [2.24, 2.45) is 0 Å². The van der Waals surface area contributed by atoms with E-state index in [4.69, 9.17) is 9.47 Å². The van der Waals surface area contributed by atoms with Crippen molar-refractivity contribution in [2.75, 3.05) is 24.9 Å². The summed E-state index contributed by atoms with van der Waals surface area (Å²) in [6.45, 7) is 0. The molecule has 0 saturated carbocycles. The first-order valence-corrected chi connectivity index (χ1v) is 6.02. The number of rotatable bonds is 3. The summed E-state index contributed by atoms with van der Waals surface area (Å²) in [6.07, 6.45) is 1.76. The standard InChI is InChI=1S/C14H15N3O2/c1-18-11-6-5-9(8-12(11)19-2)13-16-10-4-3-7-15-14(10)17-13/h3-8,13,16H,1-2H3,(H,15,17). The quantitative estimate of drug-likeness (QED) is 0.885. The number of hydrogen-bond acceptors (Lipinski definition) is 5. The highest BCUT2D eigenvalue weighted by atomic mass is 16.5. The fraction of sp³-hybridized carbons (Fsp3) is 0.214. The lowest BCUT2D eigenvalue weighted by Gasteiger charge is -2.15. The molecule has 0 amide bonds. The topological polar surface area (TPSA) is 55.4 Å². The Balaban J connectivity index is 1.89. The van der Waals surface area contributed by atoms with Crippen molar-refractivity contribution in [2.45, 2.75) is 6.17 Å². The summed E-state index contributed by atoms with van der Waals surface area (Å²) in [5.41, 5.74) is 2.07. The third kappa shape index (κ3) is 2.03. The third-order valence-electron chi connectivity index (χ3n) is 3.13. The summed E-state index contributed by atoms with van der Waals surface area (Å²) in [5, 5.41) is 6.69. The number of nitrogens with zero attached hydrogens (tertiary/aromatic N) is 1. The predicted octanol–water partition coefficient (Wildman–Crippen LogP) is 2.64. The first-order valence-electron chi connectivity index (χ1n) is 6.02. The van der Waals surface area contributed by atoms with Gasteiger partial charge in [-0.1, -0.05) is 6.07 Å². The van der Waals surface area contributed by atoms with E-state index in [2.05, 4.69) is 15.6 Å². The van der Waals surface area contributed by atoms with Crippen LogP contribution in [0.2, 0.25) is 0 Å². The van der Waals surface area contributed by atoms with Gasteiger partial charge in [0.05, 0.1) is 19.9 Å². The first-order chi connectivity index (χ1) is 9.31. The monoisotopic (exact) mass is 257 g/mol. The van der Waals surface area contributed by atoms with Gasteiger partial charge in [0.25, 0.3) is 0 Å². The number of fused-ring (bicyclic) bond motifs is 1. The molecule has 3 rings (SSSR count). The van der Waals surface area contributed by atoms with E-state index < -0.39 is 0 Å². The van der Waals surface area contributed by atoms with Crippen molar-refractivity contribution in [3.63, 3.8) is 0 Å². The highest BCUT2D eigenvalue weighted by molar-refractivity contribution is 5.71. The minimum Gasteiger partial charge on any atom is -0.493 e. The fourth-order valence-electron chi connectivity index (χ4n) is 2.16. The molecule has 0 fully saturated rings. The number of pyridine rings is 1. The Labute approximate surface area is 111 Å². The van der Waals surface area contributed by atoms with Crippen molar-refractivity contribution in [1.82, 2.24) is 4.98 Å². The van der Waals surface area contributed by atoms with Gasteiger partial charge in [0.15, 0.2) is 17.3 Å². The van der Waals surface area contributed by atoms with Crippen molar-refractivity contribution in [1.29, 1.82) is 0 Å². The SMILES string of the molecule is COc1ccc(C2Nc3cccnc3N2)cc1OC. The number of hydrogen-bond donors (Lipinski definition) is 2. The second-order valence-electron chi connectivity index (χ2n) is 4.24. The molecule has 98 valence electrons. The average Bonchev–Trinajstić information content (AvgIpc) is 2.90. The number of benzene rings is 1. The largest absolute Gasteiger partial charge is 0.493 e. The lowest BCUT2D eigenvalue weighted by atomic mass is 10.1. The summed E-state index contributed by atoms with van der Waals surface area (Å²) >= 11 is 0. The van der Waals surface area contributed by atoms with Crippen molar-refractivity contribution in [3.05, 3.63) is 42.1 Å². The van der Waals surface area contributed by atoms with Gasteiger partial charge < -0.3 is 20.1 Å². The van der Waals surface area contributed by atoms with Crippen LogP contribution in [0.3, 0.4) is 0 Å². The van der Waals surface area contributed by atoms with E-state index in [1.807, 2.05) is 30.3 Å². The molecule has 1 aromatic heterocycles. The summed E-state index contributed by atoms with van der Waals surface area (Å²) < 4.78 is 10.6. The van der Waals surface area contributed by atoms with E-state index >= 15 is 0 Å². The Kier molecular flexibility index (Phi) is 2.87. The summed E-state index contributed by atoms with van der Waals surface area (Å²) in [6, 6.07) is 9.75. The van der Waals surface area contributed by atoms with E-state index in [-0.39, 0.29) is 6.17 Å². The van der Waals surface area contributed by atoms with Crippen LogP contribution < -0.4 is 20.1 Å². The van der Waals surface area contributed by atoms with Gasteiger partial charge in [0.1, 0.15) is 6.17 Å². The maximum atomic E-state index is 5.32. The van der Waals surface area contributed by atoms with Crippen LogP contribution >= 0.6 is 0 Å². The van der Waals surface area contributed by atoms with Crippen LogP contribution in [0.4, 0.5) is 11.5 Å². The van der Waals surface area contributed by atoms with Gasteiger partial charge in [-0.05, 0) is 29.8 Å². The predicted molar refractivity (Wildman–Crippen MR) is 73.8 cm³/mol. The molecule has 1 aliphatic heterocycles. The van der Waals surface area contributed by atoms with Gasteiger partial charge in [0, 0.05) is 6.20 Å². The summed E-state index contributed by atoms with van der Waals surface area (Å²) in [5.74, 6) is 2.30. The number of anilines is 2. The second kappa shape index (κ2) is 4.68. The number of ether oxygens (including phenoxy) is 2. The van der Waals surface area contributed by atoms with E-state index in [1.165, 1.54) is 0 Å². The van der Waals surface area contributed by atoms with Crippen LogP contribution in [-0.2, 0) is 0 Å². The van der Waals surface area contributed by atoms with Crippen LogP contribution in [0, 0.1) is 0 Å². The summed E-state index contributed by atoms with van der Waals surface area (Å²) in [4.78, 5) is 4.28. The Morgan fingerprint density at radius 3 is 2.63 bits per heavy atom. The number of aromatic nitrogens is 1. The summed E-state index contributed by atoms with van der Waals surface area (Å²) in [7, 11) is 3.26. The zero-order valence-corrected chi connectivity index (χ0v) is 10.8. The van der Waals surface area contributed by atoms with Gasteiger partial charge in [-0.15, -0.1) is 0 Å². The minimum atomic E-state index is -0.00953. The second-order valence-corrected chi connectivity index (χ2v) is 4.24. The van der Waals surface area contributed by atoms with Gasteiger partial charge in [-0.2, -0.15) is 0 Å². The van der Waals surface area contributed by atoms with Crippen LogP contribution in [0.25, 0.3) is 0 Å². The zero-order valence-electron chi connectivity index (χ0n) is 10.8. The average molecular weight is 257 g/mol. The molecule has 2 heterocycles. The van der Waals surface area contributed by atoms with E-state index in [1.54, 1.807) is 20.4 Å². The fourth-order valence-corrected chi connectivity index (χ4v) is 2.16. The minimum absolute atomic E-state index is 0.00953. The molecule has 1 unspecified atom stereocenters. The molecule has 1 atom stereocenters. The molecule has 0 spiro atoms. The van der Waals surface area contributed by atoms with E-state index in [0.29, 0.717) is 5.75 Å². The normalized spacial score (nSPS) is 16.2.